The first-order valence-corrected chi connectivity index (χ1v) is 12.8. The van der Waals surface area contributed by atoms with E-state index < -0.39 is 0 Å². The molecule has 1 amide bonds. The zero-order valence-electron chi connectivity index (χ0n) is 16.7. The van der Waals surface area contributed by atoms with Gasteiger partial charge in [-0.1, -0.05) is 30.3 Å². The van der Waals surface area contributed by atoms with Gasteiger partial charge in [0.15, 0.2) is 0 Å². The molecule has 0 spiro atoms. The summed E-state index contributed by atoms with van der Waals surface area (Å²) < 4.78 is 8.58. The molecule has 2 aromatic carbocycles. The van der Waals surface area contributed by atoms with Crippen molar-refractivity contribution >= 4 is 12.0 Å². The number of hydrogen-bond donors (Lipinski definition) is 0. The average Bonchev–Trinajstić information content (AvgIpc) is 2.80. The van der Waals surface area contributed by atoms with E-state index in [9.17, 15) is 4.79 Å². The molecule has 0 saturated carbocycles. The van der Waals surface area contributed by atoms with Crippen LogP contribution in [0.25, 0.3) is 17.2 Å². The van der Waals surface area contributed by atoms with Gasteiger partial charge in [0.05, 0.1) is 0 Å². The number of hydrogen-bond acceptors (Lipinski definition) is 3. The first kappa shape index (κ1) is 20.6. The summed E-state index contributed by atoms with van der Waals surface area (Å²) in [5.41, 5.74) is 3.73. The molecule has 2 aliphatic heterocycles. The molecule has 4 rings (SSSR count). The van der Waals surface area contributed by atoms with E-state index in [1.54, 1.807) is 0 Å². The minimum absolute atomic E-state index is 0.114. The second-order valence-electron chi connectivity index (χ2n) is 7.55. The van der Waals surface area contributed by atoms with Gasteiger partial charge >= 0.3 is 143 Å². The number of piperidine rings is 1. The Morgan fingerprint density at radius 1 is 1.00 bits per heavy atom. The molecule has 4 nitrogen and oxygen atoms in total. The van der Waals surface area contributed by atoms with Gasteiger partial charge in [0.1, 0.15) is 0 Å². The van der Waals surface area contributed by atoms with Crippen molar-refractivity contribution in [3.63, 3.8) is 0 Å². The molecule has 0 atom stereocenters. The molecule has 0 radical (unpaired) electrons. The third-order valence-electron chi connectivity index (χ3n) is 5.55. The van der Waals surface area contributed by atoms with Gasteiger partial charge in [0.25, 0.3) is 0 Å². The summed E-state index contributed by atoms with van der Waals surface area (Å²) in [4.78, 5) is 14.6. The van der Waals surface area contributed by atoms with Crippen LogP contribution in [0, 0.1) is 5.92 Å². The molecule has 2 heterocycles. The third-order valence-corrected chi connectivity index (χ3v) is 8.06. The summed E-state index contributed by atoms with van der Waals surface area (Å²) in [6, 6.07) is 19.2. The first-order chi connectivity index (χ1) is 14.3. The van der Waals surface area contributed by atoms with E-state index in [0.29, 0.717) is 18.4 Å². The summed E-state index contributed by atoms with van der Waals surface area (Å²) in [6.45, 7) is 4.03. The molecule has 29 heavy (non-hydrogen) atoms. The van der Waals surface area contributed by atoms with Crippen molar-refractivity contribution in [2.24, 2.45) is 5.92 Å². The van der Waals surface area contributed by atoms with Gasteiger partial charge in [-0.25, -0.2) is 0 Å². The molecule has 2 aromatic rings. The first-order valence-electron chi connectivity index (χ1n) is 10.3. The fourth-order valence-electron chi connectivity index (χ4n) is 3.76. The molecular weight excluding hydrogens is 475 g/mol. The Morgan fingerprint density at radius 3 is 2.41 bits per heavy atom. The fraction of sp³-hybridized carbons (Fsp3) is 0.375. The summed E-state index contributed by atoms with van der Waals surface area (Å²) in [5.74, 6) is 0.856. The van der Waals surface area contributed by atoms with Crippen molar-refractivity contribution in [2.45, 2.75) is 12.8 Å². The number of ether oxygens (including phenoxy) is 1. The van der Waals surface area contributed by atoms with E-state index >= 15 is 0 Å². The van der Waals surface area contributed by atoms with E-state index in [4.69, 9.17) is 4.74 Å². The van der Waals surface area contributed by atoms with Crippen LogP contribution in [-0.2, 0) is 9.53 Å². The number of carbonyl (C=O) groups is 1. The summed E-state index contributed by atoms with van der Waals surface area (Å²) in [7, 11) is 0. The van der Waals surface area contributed by atoms with Crippen molar-refractivity contribution in [1.82, 2.24) is 8.01 Å². The van der Waals surface area contributed by atoms with Crippen molar-refractivity contribution in [3.8, 4) is 11.1 Å². The standard InChI is InChI=1S/C24H28IN2O2/c28-24(18-27-16-17-29-19-25-27)26-14-12-21(13-15-26)7-6-20-8-10-23(11-9-20)22-4-2-1-3-5-22/h1-11,21H,12-19H2/q-1/b7-6-. The van der Waals surface area contributed by atoms with Crippen LogP contribution in [0.4, 0.5) is 0 Å². The minimum atomic E-state index is -0.114. The number of nitrogens with zero attached hydrogens (tertiary/aromatic N) is 2. The van der Waals surface area contributed by atoms with Crippen molar-refractivity contribution < 1.29 is 31.0 Å². The van der Waals surface area contributed by atoms with Crippen LogP contribution in [0.2, 0.25) is 0 Å². The maximum atomic E-state index is 12.5. The predicted molar refractivity (Wildman–Crippen MR) is 113 cm³/mol. The van der Waals surface area contributed by atoms with Gasteiger partial charge in [-0.2, -0.15) is 0 Å². The van der Waals surface area contributed by atoms with Crippen molar-refractivity contribution in [2.75, 3.05) is 37.4 Å². The van der Waals surface area contributed by atoms with Crippen LogP contribution in [0.15, 0.2) is 60.7 Å². The number of halogens is 1. The molecule has 5 heteroatoms. The van der Waals surface area contributed by atoms with E-state index in [1.807, 2.05) is 6.07 Å². The van der Waals surface area contributed by atoms with Gasteiger partial charge in [-0.15, -0.1) is 0 Å². The Labute approximate surface area is 184 Å². The molecular formula is C24H28IN2O2-. The second kappa shape index (κ2) is 10.4. The SMILES string of the molecule is O=C(CN1CCOC[I-]1)N1CCC(/C=C\c2ccc(-c3ccccc3)cc2)CC1. The zero-order chi connectivity index (χ0) is 19.9. The van der Waals surface area contributed by atoms with Crippen LogP contribution >= 0.6 is 0 Å². The Kier molecular flexibility index (Phi) is 7.35. The molecule has 2 aliphatic rings. The van der Waals surface area contributed by atoms with Crippen molar-refractivity contribution in [1.29, 1.82) is 0 Å². The van der Waals surface area contributed by atoms with Gasteiger partial charge in [-0.3, -0.25) is 0 Å². The van der Waals surface area contributed by atoms with E-state index in [1.165, 1.54) is 16.7 Å². The number of allylic oxidation sites excluding steroid dienone is 1. The Morgan fingerprint density at radius 2 is 1.72 bits per heavy atom. The van der Waals surface area contributed by atoms with Gasteiger partial charge in [0.2, 0.25) is 0 Å². The van der Waals surface area contributed by atoms with E-state index in [0.717, 1.165) is 43.7 Å². The molecule has 0 N–H and O–H groups in total. The van der Waals surface area contributed by atoms with Gasteiger partial charge < -0.3 is 0 Å². The number of alkyl halides is 1. The summed E-state index contributed by atoms with van der Waals surface area (Å²) >= 11 is -0.114. The van der Waals surface area contributed by atoms with Crippen LogP contribution in [-0.4, -0.2) is 51.3 Å². The predicted octanol–water partition coefficient (Wildman–Crippen LogP) is 0.899. The van der Waals surface area contributed by atoms with Crippen LogP contribution in [0.5, 0.6) is 0 Å². The normalized spacial score (nSPS) is 19.2. The number of likely N-dealkylation sites (tertiary alicyclic amines) is 1. The monoisotopic (exact) mass is 503 g/mol. The zero-order valence-corrected chi connectivity index (χ0v) is 18.8. The second-order valence-corrected chi connectivity index (χ2v) is 10.2. The van der Waals surface area contributed by atoms with Crippen LogP contribution in [0.3, 0.4) is 0 Å². The van der Waals surface area contributed by atoms with Crippen LogP contribution < -0.4 is 21.5 Å². The Bertz CT molecular complexity index is 809. The third kappa shape index (κ3) is 5.90. The number of amides is 1. The molecule has 0 aliphatic carbocycles. The topological polar surface area (TPSA) is 32.8 Å². The summed E-state index contributed by atoms with van der Waals surface area (Å²) in [6.07, 6.45) is 6.67. The van der Waals surface area contributed by atoms with E-state index in [-0.39, 0.29) is 21.5 Å². The quantitative estimate of drug-likeness (QED) is 0.346. The average molecular weight is 503 g/mol. The molecule has 2 saturated heterocycles. The molecule has 0 unspecified atom stereocenters. The Hall–Kier alpha value is -1.70. The van der Waals surface area contributed by atoms with Gasteiger partial charge in [-0.05, 0) is 11.1 Å². The molecule has 154 valence electrons. The summed E-state index contributed by atoms with van der Waals surface area (Å²) in [5, 5.41) is 0. The molecule has 2 fully saturated rings. The molecule has 0 bridgehead atoms. The molecule has 0 aromatic heterocycles. The number of carbonyl (C=O) groups excluding carboxylic acids is 1. The van der Waals surface area contributed by atoms with Crippen LogP contribution in [0.1, 0.15) is 18.4 Å². The number of benzene rings is 2. The fourth-order valence-corrected chi connectivity index (χ4v) is 5.73. The number of rotatable bonds is 5. The van der Waals surface area contributed by atoms with Gasteiger partial charge in [0, 0.05) is 0 Å². The van der Waals surface area contributed by atoms with E-state index in [2.05, 4.69) is 68.7 Å². The Balaban J connectivity index is 1.25. The van der Waals surface area contributed by atoms with Crippen molar-refractivity contribution in [3.05, 3.63) is 66.2 Å². The maximum absolute atomic E-state index is 12.5.